The number of nitrogens with zero attached hydrogens (tertiary/aromatic N) is 2. The monoisotopic (exact) mass is 346 g/mol. The first-order chi connectivity index (χ1) is 11.7. The number of carbonyl (C=O) groups is 1. The first kappa shape index (κ1) is 17.0. The molecule has 1 aliphatic rings. The van der Waals surface area contributed by atoms with Crippen molar-refractivity contribution in [3.63, 3.8) is 0 Å². The number of amides is 1. The fourth-order valence-corrected chi connectivity index (χ4v) is 3.90. The molecule has 1 aliphatic heterocycles. The highest BCUT2D eigenvalue weighted by Gasteiger charge is 2.30. The maximum atomic E-state index is 12.3. The van der Waals surface area contributed by atoms with E-state index in [1.807, 2.05) is 18.2 Å². The summed E-state index contributed by atoms with van der Waals surface area (Å²) in [5, 5.41) is 15.9. The molecule has 24 heavy (non-hydrogen) atoms. The summed E-state index contributed by atoms with van der Waals surface area (Å²) in [5.74, 6) is 0.127. The molecule has 0 unspecified atom stereocenters. The molecule has 1 saturated heterocycles. The quantitative estimate of drug-likeness (QED) is 0.840. The highest BCUT2D eigenvalue weighted by atomic mass is 32.1. The van der Waals surface area contributed by atoms with E-state index in [2.05, 4.69) is 39.9 Å². The molecule has 0 radical (unpaired) electrons. The van der Waals surface area contributed by atoms with Crippen LogP contribution in [0.25, 0.3) is 0 Å². The summed E-state index contributed by atoms with van der Waals surface area (Å²) < 4.78 is 5.27. The van der Waals surface area contributed by atoms with E-state index in [1.54, 1.807) is 7.11 Å². The van der Waals surface area contributed by atoms with Crippen LogP contribution in [0.3, 0.4) is 0 Å². The second-order valence-corrected chi connectivity index (χ2v) is 6.87. The van der Waals surface area contributed by atoms with Gasteiger partial charge >= 0.3 is 0 Å². The van der Waals surface area contributed by atoms with Crippen LogP contribution in [0.1, 0.15) is 36.3 Å². The molecule has 0 saturated carbocycles. The Morgan fingerprint density at radius 2 is 2.21 bits per heavy atom. The minimum atomic E-state index is -0.238. The summed E-state index contributed by atoms with van der Waals surface area (Å²) >= 11 is 1.44. The van der Waals surface area contributed by atoms with E-state index < -0.39 is 0 Å². The van der Waals surface area contributed by atoms with E-state index >= 15 is 0 Å². The van der Waals surface area contributed by atoms with Gasteiger partial charge in [0.05, 0.1) is 12.1 Å². The van der Waals surface area contributed by atoms with E-state index in [0.29, 0.717) is 18.1 Å². The second kappa shape index (κ2) is 7.83. The minimum absolute atomic E-state index is 0.0787. The van der Waals surface area contributed by atoms with Crippen molar-refractivity contribution in [1.29, 1.82) is 0 Å². The van der Waals surface area contributed by atoms with Crippen LogP contribution < -0.4 is 10.6 Å². The van der Waals surface area contributed by atoms with Crippen molar-refractivity contribution >= 4 is 22.4 Å². The van der Waals surface area contributed by atoms with Gasteiger partial charge < -0.3 is 10.1 Å². The van der Waals surface area contributed by atoms with E-state index in [0.717, 1.165) is 11.4 Å². The minimum Gasteiger partial charge on any atom is -0.380 e. The summed E-state index contributed by atoms with van der Waals surface area (Å²) in [6.45, 7) is 2.83. The lowest BCUT2D eigenvalue weighted by molar-refractivity contribution is -0.118. The van der Waals surface area contributed by atoms with Crippen LogP contribution in [0, 0.1) is 0 Å². The van der Waals surface area contributed by atoms with Gasteiger partial charge in [-0.05, 0) is 18.4 Å². The van der Waals surface area contributed by atoms with Crippen molar-refractivity contribution in [2.24, 2.45) is 0 Å². The lowest BCUT2D eigenvalue weighted by atomic mass is 9.97. The van der Waals surface area contributed by atoms with E-state index in [4.69, 9.17) is 4.74 Å². The van der Waals surface area contributed by atoms with Crippen molar-refractivity contribution in [2.75, 3.05) is 19.0 Å². The summed E-state index contributed by atoms with van der Waals surface area (Å²) in [5.41, 5.74) is 1.22. The highest BCUT2D eigenvalue weighted by Crippen LogP contribution is 2.31. The number of benzene rings is 1. The van der Waals surface area contributed by atoms with Crippen LogP contribution in [0.2, 0.25) is 0 Å². The van der Waals surface area contributed by atoms with Crippen LogP contribution in [0.5, 0.6) is 0 Å². The Balaban J connectivity index is 1.66. The first-order valence-electron chi connectivity index (χ1n) is 8.16. The Morgan fingerprint density at radius 3 is 2.88 bits per heavy atom. The normalized spacial score (nSPS) is 21.6. The lowest BCUT2D eigenvalue weighted by Gasteiger charge is -2.11. The van der Waals surface area contributed by atoms with Crippen LogP contribution in [-0.2, 0) is 9.53 Å². The number of ether oxygens (including phenoxy) is 1. The average molecular weight is 346 g/mol. The summed E-state index contributed by atoms with van der Waals surface area (Å²) in [7, 11) is 1.66. The smallest absolute Gasteiger partial charge is 0.243 e. The molecule has 1 aromatic carbocycles. The van der Waals surface area contributed by atoms with Gasteiger partial charge in [0.15, 0.2) is 0 Å². The zero-order valence-corrected chi connectivity index (χ0v) is 14.7. The maximum Gasteiger partial charge on any atom is 0.243 e. The Bertz CT molecular complexity index is 676. The number of hydrogen-bond donors (Lipinski definition) is 2. The van der Waals surface area contributed by atoms with Crippen LogP contribution in [-0.4, -0.2) is 41.9 Å². The van der Waals surface area contributed by atoms with Crippen molar-refractivity contribution in [3.8, 4) is 0 Å². The van der Waals surface area contributed by atoms with Crippen molar-refractivity contribution in [1.82, 2.24) is 15.5 Å². The molecule has 3 atom stereocenters. The van der Waals surface area contributed by atoms with E-state index in [1.165, 1.54) is 16.9 Å². The first-order valence-corrected chi connectivity index (χ1v) is 8.98. The molecule has 2 N–H and O–H groups in total. The number of anilines is 1. The number of methoxy groups -OCH3 is 1. The number of hydrogen-bond acceptors (Lipinski definition) is 6. The molecule has 0 spiro atoms. The molecule has 1 amide bonds. The third-order valence-electron chi connectivity index (χ3n) is 4.32. The van der Waals surface area contributed by atoms with Gasteiger partial charge in [0.2, 0.25) is 11.0 Å². The van der Waals surface area contributed by atoms with Gasteiger partial charge in [-0.2, -0.15) is 0 Å². The fraction of sp³-hybridized carbons (Fsp3) is 0.471. The third kappa shape index (κ3) is 3.80. The number of nitrogens with one attached hydrogen (secondary N) is 2. The Hall–Kier alpha value is -1.83. The largest absolute Gasteiger partial charge is 0.380 e. The Morgan fingerprint density at radius 1 is 1.42 bits per heavy atom. The van der Waals surface area contributed by atoms with Crippen molar-refractivity contribution in [2.45, 2.75) is 37.8 Å². The van der Waals surface area contributed by atoms with Gasteiger partial charge in [-0.25, -0.2) is 0 Å². The third-order valence-corrected chi connectivity index (χ3v) is 5.27. The summed E-state index contributed by atoms with van der Waals surface area (Å²) in [6, 6.07) is 10.0. The molecular formula is C17H22N4O2S. The predicted octanol–water partition coefficient (Wildman–Crippen LogP) is 2.40. The van der Waals surface area contributed by atoms with Gasteiger partial charge in [-0.3, -0.25) is 10.1 Å². The molecular weight excluding hydrogens is 324 g/mol. The lowest BCUT2D eigenvalue weighted by Crippen LogP contribution is -2.35. The standard InChI is InChI=1S/C17H22N4O2S/c1-3-13(11-7-5-4-6-8-11)16-20-21-17(24-16)19-15(22)14-9-12(23-2)10-18-14/h4-8,12-14,18H,3,9-10H2,1-2H3,(H,19,21,22)/t12-,13-,14+/m0/s1. The molecule has 6 nitrogen and oxygen atoms in total. The molecule has 0 aliphatic carbocycles. The SMILES string of the molecule is CC[C@@H](c1ccccc1)c1nnc(NC(=O)[C@H]2C[C@H](OC)CN2)s1. The molecule has 128 valence electrons. The van der Waals surface area contributed by atoms with Gasteiger partial charge in [-0.15, -0.1) is 10.2 Å². The second-order valence-electron chi connectivity index (χ2n) is 5.86. The number of carbonyl (C=O) groups excluding carboxylic acids is 1. The Labute approximate surface area is 145 Å². The fourth-order valence-electron chi connectivity index (χ4n) is 2.94. The zero-order valence-electron chi connectivity index (χ0n) is 13.9. The summed E-state index contributed by atoms with van der Waals surface area (Å²) in [4.78, 5) is 12.3. The van der Waals surface area contributed by atoms with Gasteiger partial charge in [-0.1, -0.05) is 48.6 Å². The average Bonchev–Trinajstić information content (AvgIpc) is 3.26. The van der Waals surface area contributed by atoms with Crippen molar-refractivity contribution in [3.05, 3.63) is 40.9 Å². The molecule has 2 heterocycles. The van der Waals surface area contributed by atoms with Crippen molar-refractivity contribution < 1.29 is 9.53 Å². The zero-order chi connectivity index (χ0) is 16.9. The summed E-state index contributed by atoms with van der Waals surface area (Å²) in [6.07, 6.45) is 1.70. The van der Waals surface area contributed by atoms with Crippen LogP contribution in [0.15, 0.2) is 30.3 Å². The molecule has 7 heteroatoms. The van der Waals surface area contributed by atoms with Crippen LogP contribution >= 0.6 is 11.3 Å². The van der Waals surface area contributed by atoms with Gasteiger partial charge in [0.1, 0.15) is 5.01 Å². The number of aromatic nitrogens is 2. The van der Waals surface area contributed by atoms with Gasteiger partial charge in [0.25, 0.3) is 0 Å². The van der Waals surface area contributed by atoms with Gasteiger partial charge in [0, 0.05) is 19.6 Å². The topological polar surface area (TPSA) is 76.1 Å². The molecule has 3 rings (SSSR count). The van der Waals surface area contributed by atoms with Crippen LogP contribution in [0.4, 0.5) is 5.13 Å². The highest BCUT2D eigenvalue weighted by molar-refractivity contribution is 7.15. The predicted molar refractivity (Wildman–Crippen MR) is 94.3 cm³/mol. The molecule has 1 aromatic heterocycles. The molecule has 0 bridgehead atoms. The number of rotatable bonds is 6. The Kier molecular flexibility index (Phi) is 5.55. The molecule has 2 aromatic rings. The van der Waals surface area contributed by atoms with E-state index in [9.17, 15) is 4.79 Å². The van der Waals surface area contributed by atoms with E-state index in [-0.39, 0.29) is 24.0 Å². The maximum absolute atomic E-state index is 12.3. The molecule has 1 fully saturated rings.